The van der Waals surface area contributed by atoms with Gasteiger partial charge >= 0.3 is 0 Å². The average molecular weight is 153 g/mol. The molecule has 0 radical (unpaired) electrons. The molecule has 2 heteroatoms. The minimum Gasteiger partial charge on any atom is -0.468 e. The molecule has 0 unspecified atom stereocenters. The van der Waals surface area contributed by atoms with Crippen LogP contribution >= 0.6 is 0 Å². The summed E-state index contributed by atoms with van der Waals surface area (Å²) in [4.78, 5) is 0. The smallest absolute Gasteiger partial charge is 0.122 e. The summed E-state index contributed by atoms with van der Waals surface area (Å²) in [7, 11) is 0. The quantitative estimate of drug-likeness (QED) is 0.618. The number of nitrogens with two attached hydrogens (primary N) is 1. The van der Waals surface area contributed by atoms with Crippen molar-refractivity contribution >= 4 is 0 Å². The first-order valence-electron chi connectivity index (χ1n) is 4.10. The van der Waals surface area contributed by atoms with Gasteiger partial charge in [-0.3, -0.25) is 0 Å². The van der Waals surface area contributed by atoms with E-state index in [1.807, 2.05) is 13.0 Å². The van der Waals surface area contributed by atoms with Crippen LogP contribution in [0.5, 0.6) is 0 Å². The third-order valence-corrected chi connectivity index (χ3v) is 1.80. The van der Waals surface area contributed by atoms with Gasteiger partial charge in [-0.2, -0.15) is 0 Å². The Morgan fingerprint density at radius 3 is 2.73 bits per heavy atom. The Balaban J connectivity index is 2.52. The van der Waals surface area contributed by atoms with E-state index in [1.54, 1.807) is 6.26 Å². The van der Waals surface area contributed by atoms with E-state index in [4.69, 9.17) is 10.5 Å². The zero-order chi connectivity index (χ0) is 8.10. The third-order valence-electron chi connectivity index (χ3n) is 1.80. The molecule has 1 aliphatic carbocycles. The number of hydrogen-bond donors (Lipinski definition) is 1. The molecule has 1 aliphatic rings. The van der Waals surface area contributed by atoms with Crippen molar-refractivity contribution in [3.8, 4) is 0 Å². The number of allylic oxidation sites excluding steroid dienone is 3. The van der Waals surface area contributed by atoms with Gasteiger partial charge in [-0.05, 0) is 26.2 Å². The second-order valence-corrected chi connectivity index (χ2v) is 2.74. The van der Waals surface area contributed by atoms with Crippen molar-refractivity contribution in [2.75, 3.05) is 0 Å². The largest absolute Gasteiger partial charge is 0.468 e. The third kappa shape index (κ3) is 2.30. The molecular weight excluding hydrogens is 138 g/mol. The number of ether oxygens (including phenoxy) is 1. The van der Waals surface area contributed by atoms with Crippen molar-refractivity contribution in [1.82, 2.24) is 0 Å². The van der Waals surface area contributed by atoms with Crippen molar-refractivity contribution < 1.29 is 4.74 Å². The molecule has 0 fully saturated rings. The van der Waals surface area contributed by atoms with E-state index in [2.05, 4.69) is 0 Å². The van der Waals surface area contributed by atoms with Crippen LogP contribution in [0.1, 0.15) is 32.6 Å². The number of rotatable bonds is 2. The summed E-state index contributed by atoms with van der Waals surface area (Å²) in [6, 6.07) is 0. The molecule has 0 aromatic rings. The number of hydrogen-bond acceptors (Lipinski definition) is 2. The molecular formula is C9H15NO. The summed E-state index contributed by atoms with van der Waals surface area (Å²) in [6.45, 7) is 1.93. The maximum Gasteiger partial charge on any atom is 0.122 e. The normalized spacial score (nSPS) is 19.4. The van der Waals surface area contributed by atoms with Crippen LogP contribution < -0.4 is 5.73 Å². The average Bonchev–Trinajstić information content (AvgIpc) is 2.03. The van der Waals surface area contributed by atoms with E-state index in [1.165, 1.54) is 12.8 Å². The van der Waals surface area contributed by atoms with Crippen LogP contribution in [0.25, 0.3) is 0 Å². The summed E-state index contributed by atoms with van der Waals surface area (Å²) in [5.74, 6) is 0.967. The van der Waals surface area contributed by atoms with Crippen LogP contribution in [-0.2, 0) is 4.74 Å². The van der Waals surface area contributed by atoms with Crippen LogP contribution in [-0.4, -0.2) is 0 Å². The van der Waals surface area contributed by atoms with Gasteiger partial charge < -0.3 is 10.5 Å². The second kappa shape index (κ2) is 4.06. The molecule has 0 aliphatic heterocycles. The zero-order valence-corrected chi connectivity index (χ0v) is 6.97. The van der Waals surface area contributed by atoms with Crippen molar-refractivity contribution in [3.63, 3.8) is 0 Å². The van der Waals surface area contributed by atoms with Gasteiger partial charge in [0.05, 0.1) is 6.26 Å². The van der Waals surface area contributed by atoms with E-state index in [0.717, 1.165) is 24.3 Å². The second-order valence-electron chi connectivity index (χ2n) is 2.74. The molecule has 0 spiro atoms. The van der Waals surface area contributed by atoms with Crippen molar-refractivity contribution in [2.45, 2.75) is 32.6 Å². The van der Waals surface area contributed by atoms with Gasteiger partial charge in [-0.25, -0.2) is 0 Å². The predicted octanol–water partition coefficient (Wildman–Crippen LogP) is 2.28. The summed E-state index contributed by atoms with van der Waals surface area (Å²) < 4.78 is 5.32. The van der Waals surface area contributed by atoms with E-state index >= 15 is 0 Å². The summed E-state index contributed by atoms with van der Waals surface area (Å²) in [5.41, 5.74) is 6.67. The maximum atomic E-state index is 5.74. The fourth-order valence-corrected chi connectivity index (χ4v) is 1.19. The Morgan fingerprint density at radius 2 is 2.09 bits per heavy atom. The zero-order valence-electron chi connectivity index (χ0n) is 6.97. The lowest BCUT2D eigenvalue weighted by Gasteiger charge is -2.15. The van der Waals surface area contributed by atoms with Gasteiger partial charge in [-0.1, -0.05) is 6.08 Å². The van der Waals surface area contributed by atoms with Gasteiger partial charge in [0.25, 0.3) is 0 Å². The van der Waals surface area contributed by atoms with E-state index < -0.39 is 0 Å². The summed E-state index contributed by atoms with van der Waals surface area (Å²) >= 11 is 0. The molecule has 0 saturated carbocycles. The molecule has 11 heavy (non-hydrogen) atoms. The Morgan fingerprint density at radius 1 is 1.36 bits per heavy atom. The van der Waals surface area contributed by atoms with E-state index in [0.29, 0.717) is 0 Å². The van der Waals surface area contributed by atoms with E-state index in [-0.39, 0.29) is 0 Å². The first-order chi connectivity index (χ1) is 5.34. The minimum atomic E-state index is 0.925. The van der Waals surface area contributed by atoms with Gasteiger partial charge in [0.2, 0.25) is 0 Å². The van der Waals surface area contributed by atoms with Crippen LogP contribution in [0.15, 0.2) is 23.8 Å². The standard InChI is InChI=1S/C9H15NO/c1-2-7-11-9-6-4-3-5-8(9)10/h2,7H,3-6,10H2,1H3/b7-2+. The molecule has 0 bridgehead atoms. The Bertz CT molecular complexity index is 182. The molecule has 0 atom stereocenters. The fourth-order valence-electron chi connectivity index (χ4n) is 1.19. The van der Waals surface area contributed by atoms with E-state index in [9.17, 15) is 0 Å². The Labute approximate surface area is 67.7 Å². The molecule has 0 saturated heterocycles. The minimum absolute atomic E-state index is 0.925. The lowest BCUT2D eigenvalue weighted by atomic mass is 10.0. The highest BCUT2D eigenvalue weighted by molar-refractivity contribution is 5.08. The molecule has 0 amide bonds. The highest BCUT2D eigenvalue weighted by Gasteiger charge is 2.09. The molecule has 2 N–H and O–H groups in total. The van der Waals surface area contributed by atoms with Gasteiger partial charge in [0.15, 0.2) is 0 Å². The summed E-state index contributed by atoms with van der Waals surface area (Å²) in [6.07, 6.45) is 7.95. The maximum absolute atomic E-state index is 5.74. The topological polar surface area (TPSA) is 35.2 Å². The molecule has 62 valence electrons. The Kier molecular flexibility index (Phi) is 3.02. The SMILES string of the molecule is C/C=C/OC1=C(N)CCCC1. The Hall–Kier alpha value is -0.920. The van der Waals surface area contributed by atoms with Crippen LogP contribution in [0.2, 0.25) is 0 Å². The van der Waals surface area contributed by atoms with Crippen molar-refractivity contribution in [1.29, 1.82) is 0 Å². The van der Waals surface area contributed by atoms with Crippen LogP contribution in [0, 0.1) is 0 Å². The lowest BCUT2D eigenvalue weighted by molar-refractivity contribution is 0.310. The van der Waals surface area contributed by atoms with Crippen molar-refractivity contribution in [3.05, 3.63) is 23.8 Å². The van der Waals surface area contributed by atoms with Gasteiger partial charge in [-0.15, -0.1) is 0 Å². The molecule has 0 aromatic carbocycles. The monoisotopic (exact) mass is 153 g/mol. The summed E-state index contributed by atoms with van der Waals surface area (Å²) in [5, 5.41) is 0. The highest BCUT2D eigenvalue weighted by Crippen LogP contribution is 2.21. The highest BCUT2D eigenvalue weighted by atomic mass is 16.5. The first-order valence-corrected chi connectivity index (χ1v) is 4.10. The van der Waals surface area contributed by atoms with Crippen LogP contribution in [0.3, 0.4) is 0 Å². The van der Waals surface area contributed by atoms with Gasteiger partial charge in [0, 0.05) is 12.1 Å². The van der Waals surface area contributed by atoms with Crippen molar-refractivity contribution in [2.24, 2.45) is 5.73 Å². The molecule has 0 heterocycles. The lowest BCUT2D eigenvalue weighted by Crippen LogP contribution is -2.08. The van der Waals surface area contributed by atoms with Crippen LogP contribution in [0.4, 0.5) is 0 Å². The van der Waals surface area contributed by atoms with Gasteiger partial charge in [0.1, 0.15) is 5.76 Å². The molecule has 2 nitrogen and oxygen atoms in total. The fraction of sp³-hybridized carbons (Fsp3) is 0.556. The molecule has 0 aromatic heterocycles. The molecule has 1 rings (SSSR count). The first kappa shape index (κ1) is 8.18. The predicted molar refractivity (Wildman–Crippen MR) is 45.6 cm³/mol.